The van der Waals surface area contributed by atoms with Crippen LogP contribution in [-0.4, -0.2) is 78.7 Å². The molecule has 2 aliphatic rings. The third-order valence-corrected chi connectivity index (χ3v) is 8.89. The van der Waals surface area contributed by atoms with Crippen LogP contribution in [0.25, 0.3) is 10.8 Å². The van der Waals surface area contributed by atoms with E-state index in [4.69, 9.17) is 4.74 Å². The van der Waals surface area contributed by atoms with Crippen LogP contribution in [0.2, 0.25) is 0 Å². The lowest BCUT2D eigenvalue weighted by atomic mass is 10.0. The fraction of sp³-hybridized carbons (Fsp3) is 0.387. The molecule has 3 aromatic rings. The van der Waals surface area contributed by atoms with Crippen molar-refractivity contribution in [3.63, 3.8) is 0 Å². The highest BCUT2D eigenvalue weighted by Crippen LogP contribution is 2.44. The van der Waals surface area contributed by atoms with E-state index in [0.717, 1.165) is 55.6 Å². The number of halogens is 1. The Morgan fingerprint density at radius 2 is 1.71 bits per heavy atom. The highest BCUT2D eigenvalue weighted by molar-refractivity contribution is 8.01. The van der Waals surface area contributed by atoms with Crippen LogP contribution < -0.4 is 10.6 Å². The number of rotatable bonds is 11. The largest absolute Gasteiger partial charge is 0.379 e. The summed E-state index contributed by atoms with van der Waals surface area (Å²) in [5.41, 5.74) is 1.71. The van der Waals surface area contributed by atoms with Gasteiger partial charge in [-0.3, -0.25) is 19.3 Å². The van der Waals surface area contributed by atoms with Crippen molar-refractivity contribution < 1.29 is 23.5 Å². The van der Waals surface area contributed by atoms with Crippen molar-refractivity contribution in [1.82, 2.24) is 20.4 Å². The van der Waals surface area contributed by atoms with E-state index in [-0.39, 0.29) is 36.5 Å². The summed E-state index contributed by atoms with van der Waals surface area (Å²) in [4.78, 5) is 43.0. The van der Waals surface area contributed by atoms with E-state index < -0.39 is 10.6 Å². The zero-order chi connectivity index (χ0) is 28.6. The van der Waals surface area contributed by atoms with E-state index in [9.17, 15) is 18.8 Å². The lowest BCUT2D eigenvalue weighted by Crippen LogP contribution is -2.42. The van der Waals surface area contributed by atoms with Crippen molar-refractivity contribution in [1.29, 1.82) is 0 Å². The topological polar surface area (TPSA) is 91.0 Å². The van der Waals surface area contributed by atoms with Gasteiger partial charge in [0.2, 0.25) is 17.7 Å². The number of hydrogen-bond donors (Lipinski definition) is 2. The van der Waals surface area contributed by atoms with E-state index in [1.165, 1.54) is 28.8 Å². The van der Waals surface area contributed by atoms with E-state index in [1.54, 1.807) is 12.1 Å². The summed E-state index contributed by atoms with van der Waals surface area (Å²) >= 11 is 1.32. The average Bonchev–Trinajstić information content (AvgIpc) is 3.29. The van der Waals surface area contributed by atoms with Crippen LogP contribution in [0, 0.1) is 5.82 Å². The van der Waals surface area contributed by atoms with Gasteiger partial charge in [0.05, 0.1) is 18.5 Å². The first-order chi connectivity index (χ1) is 20.0. The maximum absolute atomic E-state index is 13.6. The maximum Gasteiger partial charge on any atom is 0.239 e. The van der Waals surface area contributed by atoms with Gasteiger partial charge in [-0.2, -0.15) is 0 Å². The van der Waals surface area contributed by atoms with Crippen LogP contribution in [0.1, 0.15) is 29.3 Å². The molecule has 2 heterocycles. The molecule has 0 aliphatic carbocycles. The highest BCUT2D eigenvalue weighted by Gasteiger charge is 2.42. The van der Waals surface area contributed by atoms with Crippen LogP contribution >= 0.6 is 11.8 Å². The number of nitrogens with zero attached hydrogens (tertiary/aromatic N) is 2. The molecule has 2 fully saturated rings. The molecular formula is C31H35FN4O4S. The van der Waals surface area contributed by atoms with Crippen molar-refractivity contribution in [3.05, 3.63) is 83.7 Å². The number of ether oxygens (including phenoxy) is 1. The average molecular weight is 579 g/mol. The van der Waals surface area contributed by atoms with E-state index >= 15 is 0 Å². The summed E-state index contributed by atoms with van der Waals surface area (Å²) in [5.74, 6) is -1.14. The van der Waals surface area contributed by atoms with E-state index in [1.807, 2.05) is 42.5 Å². The van der Waals surface area contributed by atoms with Gasteiger partial charge < -0.3 is 20.3 Å². The van der Waals surface area contributed by atoms with Gasteiger partial charge in [0, 0.05) is 32.6 Å². The Hall–Kier alpha value is -3.47. The molecular weight excluding hydrogens is 543 g/mol. The SMILES string of the molecule is O=C(C[C@H]1S[C@H](c2ccc(F)cc2)N(CC(=O)NCCCN2CCOCC2)C1=O)NCc1cccc2ccccc12. The number of carbonyl (C=O) groups excluding carboxylic acids is 3. The molecule has 0 saturated carbocycles. The molecule has 216 valence electrons. The van der Waals surface area contributed by atoms with Crippen molar-refractivity contribution in [2.24, 2.45) is 0 Å². The minimum absolute atomic E-state index is 0.0103. The third-order valence-electron chi connectivity index (χ3n) is 7.41. The van der Waals surface area contributed by atoms with E-state index in [2.05, 4.69) is 15.5 Å². The normalized spacial score (nSPS) is 19.4. The molecule has 3 amide bonds. The Morgan fingerprint density at radius 1 is 0.951 bits per heavy atom. The lowest BCUT2D eigenvalue weighted by Gasteiger charge is -2.26. The predicted octanol–water partition coefficient (Wildman–Crippen LogP) is 3.47. The van der Waals surface area contributed by atoms with Crippen molar-refractivity contribution >= 4 is 40.3 Å². The van der Waals surface area contributed by atoms with Crippen LogP contribution in [0.15, 0.2) is 66.7 Å². The number of benzene rings is 3. The first kappa shape index (κ1) is 29.0. The van der Waals surface area contributed by atoms with Crippen LogP contribution in [0.5, 0.6) is 0 Å². The summed E-state index contributed by atoms with van der Waals surface area (Å²) in [6.07, 6.45) is 0.791. The molecule has 5 rings (SSSR count). The minimum atomic E-state index is -0.647. The number of amides is 3. The van der Waals surface area contributed by atoms with Crippen LogP contribution in [-0.2, 0) is 25.7 Å². The van der Waals surface area contributed by atoms with Gasteiger partial charge in [0.15, 0.2) is 0 Å². The highest BCUT2D eigenvalue weighted by atomic mass is 32.2. The Morgan fingerprint density at radius 3 is 2.51 bits per heavy atom. The number of morpholine rings is 1. The minimum Gasteiger partial charge on any atom is -0.379 e. The molecule has 10 heteroatoms. The van der Waals surface area contributed by atoms with Crippen LogP contribution in [0.3, 0.4) is 0 Å². The quantitative estimate of drug-likeness (QED) is 0.339. The number of hydrogen-bond acceptors (Lipinski definition) is 6. The van der Waals surface area contributed by atoms with Crippen molar-refractivity contribution in [3.8, 4) is 0 Å². The molecule has 2 atom stereocenters. The second-order valence-electron chi connectivity index (χ2n) is 10.3. The Kier molecular flexibility index (Phi) is 9.87. The Labute approximate surface area is 243 Å². The Balaban J connectivity index is 1.18. The van der Waals surface area contributed by atoms with Crippen molar-refractivity contribution in [2.75, 3.05) is 45.9 Å². The summed E-state index contributed by atoms with van der Waals surface area (Å²) in [7, 11) is 0. The molecule has 0 unspecified atom stereocenters. The fourth-order valence-corrected chi connectivity index (χ4v) is 6.67. The molecule has 2 N–H and O–H groups in total. The van der Waals surface area contributed by atoms with Crippen LogP contribution in [0.4, 0.5) is 4.39 Å². The summed E-state index contributed by atoms with van der Waals surface area (Å²) in [5, 5.41) is 6.90. The summed E-state index contributed by atoms with van der Waals surface area (Å²) in [6.45, 7) is 4.85. The molecule has 3 aromatic carbocycles. The molecule has 2 aliphatic heterocycles. The molecule has 2 saturated heterocycles. The standard InChI is InChI=1S/C31H35FN4O4S/c32-25-11-9-23(10-12-25)31-36(21-29(38)33-13-4-14-35-15-17-40-18-16-35)30(39)27(41-31)19-28(37)34-20-24-7-3-6-22-5-1-2-8-26(22)24/h1-3,5-12,27,31H,4,13-21H2,(H,33,38)(H,34,37)/t27-,31-/m1/s1. The number of nitrogens with one attached hydrogen (secondary N) is 2. The van der Waals surface area contributed by atoms with Gasteiger partial charge in [0.1, 0.15) is 17.7 Å². The molecule has 8 nitrogen and oxygen atoms in total. The number of thioether (sulfide) groups is 1. The first-order valence-corrected chi connectivity index (χ1v) is 14.9. The van der Waals surface area contributed by atoms with Gasteiger partial charge in [0.25, 0.3) is 0 Å². The summed E-state index contributed by atoms with van der Waals surface area (Å²) in [6, 6.07) is 19.9. The smallest absolute Gasteiger partial charge is 0.239 e. The molecule has 0 aromatic heterocycles. The third kappa shape index (κ3) is 7.63. The van der Waals surface area contributed by atoms with Gasteiger partial charge in [-0.25, -0.2) is 4.39 Å². The second-order valence-corrected chi connectivity index (χ2v) is 11.6. The summed E-state index contributed by atoms with van der Waals surface area (Å²) < 4.78 is 19.0. The number of fused-ring (bicyclic) bond motifs is 1. The number of carbonyl (C=O) groups is 3. The maximum atomic E-state index is 13.6. The lowest BCUT2D eigenvalue weighted by molar-refractivity contribution is -0.136. The zero-order valence-corrected chi connectivity index (χ0v) is 23.7. The molecule has 0 spiro atoms. The fourth-order valence-electron chi connectivity index (χ4n) is 5.22. The van der Waals surface area contributed by atoms with E-state index in [0.29, 0.717) is 18.7 Å². The first-order valence-electron chi connectivity index (χ1n) is 14.0. The molecule has 0 radical (unpaired) electrons. The predicted molar refractivity (Wildman–Crippen MR) is 158 cm³/mol. The van der Waals surface area contributed by atoms with Gasteiger partial charge in [-0.1, -0.05) is 54.6 Å². The van der Waals surface area contributed by atoms with Gasteiger partial charge in [-0.05, 0) is 47.0 Å². The molecule has 0 bridgehead atoms. The van der Waals surface area contributed by atoms with Crippen molar-refractivity contribution in [2.45, 2.75) is 30.0 Å². The monoisotopic (exact) mass is 578 g/mol. The van der Waals surface area contributed by atoms with Gasteiger partial charge >= 0.3 is 0 Å². The Bertz CT molecular complexity index is 1360. The molecule has 41 heavy (non-hydrogen) atoms. The zero-order valence-electron chi connectivity index (χ0n) is 22.9. The van der Waals surface area contributed by atoms with Gasteiger partial charge in [-0.15, -0.1) is 11.8 Å². The second kappa shape index (κ2) is 13.9.